The van der Waals surface area contributed by atoms with Crippen molar-refractivity contribution in [3.63, 3.8) is 0 Å². The van der Waals surface area contributed by atoms with E-state index in [1.807, 2.05) is 30.3 Å². The van der Waals surface area contributed by atoms with Crippen molar-refractivity contribution in [2.75, 3.05) is 0 Å². The molecule has 2 unspecified atom stereocenters. The molecule has 4 aromatic rings. The van der Waals surface area contributed by atoms with Gasteiger partial charge in [0.05, 0.1) is 17.5 Å². The van der Waals surface area contributed by atoms with Crippen LogP contribution in [0.1, 0.15) is 29.2 Å². The van der Waals surface area contributed by atoms with Gasteiger partial charge in [0.15, 0.2) is 5.65 Å². The molecule has 2 heterocycles. The van der Waals surface area contributed by atoms with Gasteiger partial charge in [0, 0.05) is 17.7 Å². The molecule has 1 fully saturated rings. The summed E-state index contributed by atoms with van der Waals surface area (Å²) in [6.07, 6.45) is -0.965. The number of carboxylic acids is 1. The predicted octanol–water partition coefficient (Wildman–Crippen LogP) is 4.93. The third-order valence-corrected chi connectivity index (χ3v) is 5.93. The topological polar surface area (TPSA) is 67.5 Å². The van der Waals surface area contributed by atoms with Crippen LogP contribution in [0.4, 0.5) is 13.2 Å². The second-order valence-electron chi connectivity index (χ2n) is 7.64. The number of aromatic nitrogens is 3. The fourth-order valence-electron chi connectivity index (χ4n) is 4.25. The third-order valence-electron chi connectivity index (χ3n) is 5.93. The van der Waals surface area contributed by atoms with Crippen LogP contribution in [-0.2, 0) is 16.4 Å². The maximum absolute atomic E-state index is 12.9. The van der Waals surface area contributed by atoms with Crippen molar-refractivity contribution in [1.82, 2.24) is 14.6 Å². The average Bonchev–Trinajstić information content (AvgIpc) is 3.38. The van der Waals surface area contributed by atoms with Crippen LogP contribution in [0, 0.1) is 0 Å². The normalized spacial score (nSPS) is 20.7. The number of rotatable bonds is 4. The van der Waals surface area contributed by atoms with E-state index in [0.29, 0.717) is 28.9 Å². The summed E-state index contributed by atoms with van der Waals surface area (Å²) in [5, 5.41) is 14.5. The Morgan fingerprint density at radius 3 is 2.42 bits per heavy atom. The summed E-state index contributed by atoms with van der Waals surface area (Å²) < 4.78 is 40.1. The molecule has 0 amide bonds. The molecule has 0 bridgehead atoms. The van der Waals surface area contributed by atoms with Crippen molar-refractivity contribution >= 4 is 11.6 Å². The summed E-state index contributed by atoms with van der Waals surface area (Å²) >= 11 is 0. The molecule has 5 rings (SSSR count). The number of carboxylic acid groups (broad SMARTS) is 1. The van der Waals surface area contributed by atoms with Gasteiger partial charge in [0.25, 0.3) is 0 Å². The molecular weight excluding hydrogens is 407 g/mol. The molecular formula is C23H16F3N3O2. The zero-order chi connectivity index (χ0) is 21.8. The van der Waals surface area contributed by atoms with Gasteiger partial charge in [-0.05, 0) is 35.7 Å². The summed E-state index contributed by atoms with van der Waals surface area (Å²) in [6.45, 7) is 0. The molecule has 1 saturated carbocycles. The van der Waals surface area contributed by atoms with Crippen molar-refractivity contribution in [2.24, 2.45) is 0 Å². The van der Waals surface area contributed by atoms with Crippen molar-refractivity contribution < 1.29 is 23.1 Å². The zero-order valence-corrected chi connectivity index (χ0v) is 16.0. The Labute approximate surface area is 174 Å². The molecule has 0 aliphatic heterocycles. The van der Waals surface area contributed by atoms with E-state index in [1.165, 1.54) is 29.0 Å². The van der Waals surface area contributed by atoms with Gasteiger partial charge in [-0.2, -0.15) is 18.3 Å². The maximum Gasteiger partial charge on any atom is 0.416 e. The molecule has 1 aliphatic rings. The van der Waals surface area contributed by atoms with Gasteiger partial charge in [-0.3, -0.25) is 4.79 Å². The number of benzene rings is 2. The van der Waals surface area contributed by atoms with Crippen LogP contribution in [0.5, 0.6) is 0 Å². The number of hydrogen-bond donors (Lipinski definition) is 1. The minimum absolute atomic E-state index is 0.199. The number of hydrogen-bond acceptors (Lipinski definition) is 3. The first-order valence-corrected chi connectivity index (χ1v) is 9.61. The van der Waals surface area contributed by atoms with Gasteiger partial charge in [0.2, 0.25) is 0 Å². The SMILES string of the molecule is O=C(O)C1(c2ccnc3c(-c4ccc(C(F)(F)F)cc4)cnn23)CC1c1ccccc1. The van der Waals surface area contributed by atoms with Gasteiger partial charge in [-0.1, -0.05) is 42.5 Å². The summed E-state index contributed by atoms with van der Waals surface area (Å²) in [5.74, 6) is -1.14. The second kappa shape index (κ2) is 6.66. The summed E-state index contributed by atoms with van der Waals surface area (Å²) in [4.78, 5) is 16.7. The Kier molecular flexibility index (Phi) is 4.15. The fourth-order valence-corrected chi connectivity index (χ4v) is 4.25. The van der Waals surface area contributed by atoms with E-state index in [0.717, 1.165) is 17.7 Å². The molecule has 0 saturated heterocycles. The van der Waals surface area contributed by atoms with E-state index in [9.17, 15) is 23.1 Å². The Balaban J connectivity index is 1.60. The smallest absolute Gasteiger partial charge is 0.416 e. The van der Waals surface area contributed by atoms with E-state index in [-0.39, 0.29) is 5.92 Å². The number of carbonyl (C=O) groups is 1. The van der Waals surface area contributed by atoms with Crippen molar-refractivity contribution in [1.29, 1.82) is 0 Å². The minimum Gasteiger partial charge on any atom is -0.481 e. The quantitative estimate of drug-likeness (QED) is 0.506. The lowest BCUT2D eigenvalue weighted by Crippen LogP contribution is -2.25. The van der Waals surface area contributed by atoms with E-state index < -0.39 is 23.1 Å². The highest BCUT2D eigenvalue weighted by molar-refractivity contribution is 5.88. The zero-order valence-electron chi connectivity index (χ0n) is 16.0. The van der Waals surface area contributed by atoms with E-state index in [2.05, 4.69) is 10.1 Å². The molecule has 0 radical (unpaired) electrons. The van der Waals surface area contributed by atoms with Gasteiger partial charge in [0.1, 0.15) is 5.41 Å². The van der Waals surface area contributed by atoms with Gasteiger partial charge < -0.3 is 5.11 Å². The van der Waals surface area contributed by atoms with E-state index in [1.54, 1.807) is 6.07 Å². The fraction of sp³-hybridized carbons (Fsp3) is 0.174. The first-order valence-electron chi connectivity index (χ1n) is 9.61. The van der Waals surface area contributed by atoms with E-state index in [4.69, 9.17) is 0 Å². The van der Waals surface area contributed by atoms with Gasteiger partial charge in [-0.15, -0.1) is 0 Å². The maximum atomic E-state index is 12.9. The summed E-state index contributed by atoms with van der Waals surface area (Å²) in [6, 6.07) is 15.8. The average molecular weight is 423 g/mol. The molecule has 2 aromatic heterocycles. The van der Waals surface area contributed by atoms with E-state index >= 15 is 0 Å². The monoisotopic (exact) mass is 423 g/mol. The van der Waals surface area contributed by atoms with Gasteiger partial charge in [-0.25, -0.2) is 9.50 Å². The first kappa shape index (κ1) is 19.3. The Morgan fingerprint density at radius 1 is 1.06 bits per heavy atom. The molecule has 156 valence electrons. The lowest BCUT2D eigenvalue weighted by atomic mass is 9.95. The van der Waals surface area contributed by atoms with Crippen LogP contribution in [0.15, 0.2) is 73.1 Å². The van der Waals surface area contributed by atoms with Crippen LogP contribution in [0.2, 0.25) is 0 Å². The Morgan fingerprint density at radius 2 is 1.77 bits per heavy atom. The lowest BCUT2D eigenvalue weighted by Gasteiger charge is -2.15. The number of halogens is 3. The first-order chi connectivity index (χ1) is 14.8. The largest absolute Gasteiger partial charge is 0.481 e. The number of alkyl halides is 3. The molecule has 5 nitrogen and oxygen atoms in total. The highest BCUT2D eigenvalue weighted by Crippen LogP contribution is 2.60. The second-order valence-corrected chi connectivity index (χ2v) is 7.64. The molecule has 8 heteroatoms. The third kappa shape index (κ3) is 2.98. The van der Waals surface area contributed by atoms with Crippen molar-refractivity contribution in [3.8, 4) is 11.1 Å². The Bertz CT molecular complexity index is 1280. The summed E-state index contributed by atoms with van der Waals surface area (Å²) in [5.41, 5.74) is 1.01. The lowest BCUT2D eigenvalue weighted by molar-refractivity contribution is -0.140. The Hall–Kier alpha value is -3.68. The molecule has 1 N–H and O–H groups in total. The van der Waals surface area contributed by atoms with Crippen molar-refractivity contribution in [3.05, 3.63) is 89.9 Å². The standard InChI is InChI=1S/C23H16F3N3O2/c24-23(25,26)16-8-6-14(7-9-16)17-13-28-29-19(10-11-27-20(17)29)22(21(30)31)12-18(22)15-4-2-1-3-5-15/h1-11,13,18H,12H2,(H,30,31). The number of fused-ring (bicyclic) bond motifs is 1. The van der Waals surface area contributed by atoms with Crippen LogP contribution in [-0.4, -0.2) is 25.7 Å². The highest BCUT2D eigenvalue weighted by atomic mass is 19.4. The van der Waals surface area contributed by atoms with Crippen LogP contribution in [0.3, 0.4) is 0 Å². The molecule has 2 aromatic carbocycles. The number of nitrogens with zero attached hydrogens (tertiary/aromatic N) is 3. The molecule has 0 spiro atoms. The molecule has 31 heavy (non-hydrogen) atoms. The van der Waals surface area contributed by atoms with Gasteiger partial charge >= 0.3 is 12.1 Å². The molecule has 2 atom stereocenters. The van der Waals surface area contributed by atoms with Crippen LogP contribution in [0.25, 0.3) is 16.8 Å². The predicted molar refractivity (Wildman–Crippen MR) is 107 cm³/mol. The van der Waals surface area contributed by atoms with Crippen LogP contribution >= 0.6 is 0 Å². The number of aliphatic carboxylic acids is 1. The van der Waals surface area contributed by atoms with Crippen molar-refractivity contribution in [2.45, 2.75) is 23.9 Å². The van der Waals surface area contributed by atoms with Crippen LogP contribution < -0.4 is 0 Å². The highest BCUT2D eigenvalue weighted by Gasteiger charge is 2.63. The molecule has 1 aliphatic carbocycles. The summed E-state index contributed by atoms with van der Waals surface area (Å²) in [7, 11) is 0. The minimum atomic E-state index is -4.42.